The largest absolute Gasteiger partial charge is 0.345 e. The molecule has 0 radical (unpaired) electrons. The second-order valence-electron chi connectivity index (χ2n) is 4.46. The summed E-state index contributed by atoms with van der Waals surface area (Å²) in [5, 5.41) is 12.8. The molecule has 6 heteroatoms. The minimum Gasteiger partial charge on any atom is -0.345 e. The van der Waals surface area contributed by atoms with Crippen LogP contribution in [0.25, 0.3) is 0 Å². The van der Waals surface area contributed by atoms with Crippen LogP contribution >= 0.6 is 0 Å². The molecule has 2 heterocycles. The highest BCUT2D eigenvalue weighted by atomic mass is 16.2. The van der Waals surface area contributed by atoms with E-state index >= 15 is 0 Å². The van der Waals surface area contributed by atoms with E-state index in [-0.39, 0.29) is 18.0 Å². The smallest absolute Gasteiger partial charge is 0.237 e. The van der Waals surface area contributed by atoms with Crippen molar-refractivity contribution in [2.75, 3.05) is 6.54 Å². The van der Waals surface area contributed by atoms with Crippen LogP contribution in [-0.2, 0) is 4.79 Å². The molecule has 0 bridgehead atoms. The normalized spacial score (nSPS) is 22.8. The SMILES string of the molecule is CC(NC(=O)C1CCCCCN1)c1ncn[nH]1. The molecule has 2 rings (SSSR count). The lowest BCUT2D eigenvalue weighted by Gasteiger charge is -2.18. The van der Waals surface area contributed by atoms with Crippen molar-refractivity contribution in [1.82, 2.24) is 25.8 Å². The maximum absolute atomic E-state index is 12.0. The summed E-state index contributed by atoms with van der Waals surface area (Å²) in [7, 11) is 0. The van der Waals surface area contributed by atoms with Gasteiger partial charge in [-0.05, 0) is 26.3 Å². The zero-order valence-electron chi connectivity index (χ0n) is 10.1. The third kappa shape index (κ3) is 3.26. The Morgan fingerprint density at radius 1 is 1.53 bits per heavy atom. The lowest BCUT2D eigenvalue weighted by atomic mass is 10.1. The number of nitrogens with one attached hydrogen (secondary N) is 3. The number of hydrogen-bond donors (Lipinski definition) is 3. The van der Waals surface area contributed by atoms with Gasteiger partial charge in [-0.25, -0.2) is 4.98 Å². The van der Waals surface area contributed by atoms with Gasteiger partial charge in [0.25, 0.3) is 0 Å². The number of amides is 1. The molecule has 17 heavy (non-hydrogen) atoms. The van der Waals surface area contributed by atoms with Crippen LogP contribution in [0.4, 0.5) is 0 Å². The Bertz CT molecular complexity index is 343. The predicted molar refractivity (Wildman–Crippen MR) is 63.2 cm³/mol. The zero-order chi connectivity index (χ0) is 12.1. The number of aromatic amines is 1. The summed E-state index contributed by atoms with van der Waals surface area (Å²) in [6.07, 6.45) is 5.83. The Morgan fingerprint density at radius 2 is 2.41 bits per heavy atom. The Morgan fingerprint density at radius 3 is 3.18 bits per heavy atom. The van der Waals surface area contributed by atoms with Crippen LogP contribution in [-0.4, -0.2) is 33.7 Å². The number of rotatable bonds is 3. The second-order valence-corrected chi connectivity index (χ2v) is 4.46. The molecule has 2 unspecified atom stereocenters. The average Bonchev–Trinajstić information content (AvgIpc) is 2.71. The Kier molecular flexibility index (Phi) is 4.08. The zero-order valence-corrected chi connectivity index (χ0v) is 10.1. The first-order chi connectivity index (χ1) is 8.27. The number of carbonyl (C=O) groups excluding carboxylic acids is 1. The van der Waals surface area contributed by atoms with Crippen molar-refractivity contribution in [3.05, 3.63) is 12.2 Å². The van der Waals surface area contributed by atoms with Gasteiger partial charge in [-0.1, -0.05) is 12.8 Å². The summed E-state index contributed by atoms with van der Waals surface area (Å²) in [5.74, 6) is 0.739. The standard InChI is InChI=1S/C11H19N5O/c1-8(10-13-7-14-16-10)15-11(17)9-5-3-2-4-6-12-9/h7-9,12H,2-6H2,1H3,(H,15,17)(H,13,14,16). The number of nitrogens with zero attached hydrogens (tertiary/aromatic N) is 2. The maximum atomic E-state index is 12.0. The summed E-state index contributed by atoms with van der Waals surface area (Å²) in [6, 6.07) is -0.196. The minimum absolute atomic E-state index is 0.0517. The van der Waals surface area contributed by atoms with Gasteiger partial charge >= 0.3 is 0 Å². The van der Waals surface area contributed by atoms with E-state index in [1.165, 1.54) is 12.7 Å². The fourth-order valence-corrected chi connectivity index (χ4v) is 2.06. The van der Waals surface area contributed by atoms with Crippen LogP contribution in [0.5, 0.6) is 0 Å². The molecule has 1 aromatic heterocycles. The second kappa shape index (κ2) is 5.77. The molecular weight excluding hydrogens is 218 g/mol. The van der Waals surface area contributed by atoms with Crippen LogP contribution < -0.4 is 10.6 Å². The van der Waals surface area contributed by atoms with Gasteiger partial charge in [-0.15, -0.1) is 0 Å². The molecule has 1 aromatic rings. The number of aromatic nitrogens is 3. The summed E-state index contributed by atoms with van der Waals surface area (Å²) in [4.78, 5) is 16.1. The topological polar surface area (TPSA) is 82.7 Å². The van der Waals surface area contributed by atoms with Crippen LogP contribution in [0.15, 0.2) is 6.33 Å². The van der Waals surface area contributed by atoms with Gasteiger partial charge in [-0.3, -0.25) is 9.89 Å². The van der Waals surface area contributed by atoms with Gasteiger partial charge in [0, 0.05) is 0 Å². The number of H-pyrrole nitrogens is 1. The van der Waals surface area contributed by atoms with E-state index in [0.29, 0.717) is 5.82 Å². The van der Waals surface area contributed by atoms with Crippen molar-refractivity contribution in [3.63, 3.8) is 0 Å². The van der Waals surface area contributed by atoms with E-state index in [1.807, 2.05) is 6.92 Å². The van der Waals surface area contributed by atoms with Crippen molar-refractivity contribution in [3.8, 4) is 0 Å². The van der Waals surface area contributed by atoms with Crippen LogP contribution in [0.2, 0.25) is 0 Å². The molecule has 3 N–H and O–H groups in total. The summed E-state index contributed by atoms with van der Waals surface area (Å²) in [5.41, 5.74) is 0. The number of hydrogen-bond acceptors (Lipinski definition) is 4. The number of carbonyl (C=O) groups is 1. The molecule has 1 saturated heterocycles. The van der Waals surface area contributed by atoms with E-state index in [0.717, 1.165) is 25.8 Å². The van der Waals surface area contributed by atoms with Gasteiger partial charge in [-0.2, -0.15) is 5.10 Å². The Labute approximate surface area is 101 Å². The molecule has 94 valence electrons. The van der Waals surface area contributed by atoms with E-state index in [2.05, 4.69) is 25.8 Å². The molecule has 2 atom stereocenters. The molecule has 6 nitrogen and oxygen atoms in total. The predicted octanol–water partition coefficient (Wildman–Crippen LogP) is 0.514. The third-order valence-electron chi connectivity index (χ3n) is 3.08. The van der Waals surface area contributed by atoms with Crippen molar-refractivity contribution < 1.29 is 4.79 Å². The van der Waals surface area contributed by atoms with Gasteiger partial charge in [0.1, 0.15) is 12.2 Å². The Hall–Kier alpha value is -1.43. The summed E-state index contributed by atoms with van der Waals surface area (Å²) in [6.45, 7) is 2.82. The lowest BCUT2D eigenvalue weighted by Crippen LogP contribution is -2.44. The van der Waals surface area contributed by atoms with Crippen LogP contribution in [0.1, 0.15) is 44.5 Å². The van der Waals surface area contributed by atoms with Crippen molar-refractivity contribution >= 4 is 5.91 Å². The molecule has 1 fully saturated rings. The molecule has 0 spiro atoms. The van der Waals surface area contributed by atoms with Crippen molar-refractivity contribution in [2.45, 2.75) is 44.7 Å². The van der Waals surface area contributed by atoms with Gasteiger partial charge in [0.05, 0.1) is 12.1 Å². The van der Waals surface area contributed by atoms with Gasteiger partial charge in [0.2, 0.25) is 5.91 Å². The summed E-state index contributed by atoms with van der Waals surface area (Å²) >= 11 is 0. The maximum Gasteiger partial charge on any atom is 0.237 e. The highest BCUT2D eigenvalue weighted by Crippen LogP contribution is 2.10. The highest BCUT2D eigenvalue weighted by molar-refractivity contribution is 5.82. The van der Waals surface area contributed by atoms with Crippen molar-refractivity contribution in [1.29, 1.82) is 0 Å². The molecule has 0 aromatic carbocycles. The van der Waals surface area contributed by atoms with E-state index in [9.17, 15) is 4.79 Å². The quantitative estimate of drug-likeness (QED) is 0.715. The molecule has 0 aliphatic carbocycles. The van der Waals surface area contributed by atoms with E-state index in [1.54, 1.807) is 0 Å². The molecular formula is C11H19N5O. The third-order valence-corrected chi connectivity index (χ3v) is 3.08. The molecule has 1 amide bonds. The molecule has 1 aliphatic heterocycles. The van der Waals surface area contributed by atoms with Crippen LogP contribution in [0, 0.1) is 0 Å². The fourth-order valence-electron chi connectivity index (χ4n) is 2.06. The summed E-state index contributed by atoms with van der Waals surface area (Å²) < 4.78 is 0. The van der Waals surface area contributed by atoms with Gasteiger partial charge in [0.15, 0.2) is 0 Å². The van der Waals surface area contributed by atoms with Crippen LogP contribution in [0.3, 0.4) is 0 Å². The first-order valence-corrected chi connectivity index (χ1v) is 6.16. The lowest BCUT2D eigenvalue weighted by molar-refractivity contribution is -0.123. The highest BCUT2D eigenvalue weighted by Gasteiger charge is 2.21. The van der Waals surface area contributed by atoms with Crippen molar-refractivity contribution in [2.24, 2.45) is 0 Å². The monoisotopic (exact) mass is 237 g/mol. The molecule has 0 saturated carbocycles. The van der Waals surface area contributed by atoms with E-state index < -0.39 is 0 Å². The molecule has 1 aliphatic rings. The Balaban J connectivity index is 1.87. The minimum atomic E-state index is -0.130. The average molecular weight is 237 g/mol. The first-order valence-electron chi connectivity index (χ1n) is 6.16. The fraction of sp³-hybridized carbons (Fsp3) is 0.727. The van der Waals surface area contributed by atoms with Gasteiger partial charge < -0.3 is 10.6 Å². The van der Waals surface area contributed by atoms with E-state index in [4.69, 9.17) is 0 Å². The first kappa shape index (κ1) is 12.0.